The van der Waals surface area contributed by atoms with E-state index in [1.54, 1.807) is 12.1 Å². The molecule has 0 N–H and O–H groups in total. The van der Waals surface area contributed by atoms with Gasteiger partial charge >= 0.3 is 0 Å². The van der Waals surface area contributed by atoms with Crippen molar-refractivity contribution < 1.29 is 4.92 Å². The smallest absolute Gasteiger partial charge is 0.258 e. The fourth-order valence-corrected chi connectivity index (χ4v) is 5.03. The number of hydrogen-bond donors (Lipinski definition) is 0. The molecule has 0 fully saturated rings. The first-order valence-corrected chi connectivity index (χ1v) is 11.4. The Hall–Kier alpha value is -3.06. The van der Waals surface area contributed by atoms with Gasteiger partial charge in [0.25, 0.3) is 5.69 Å². The normalized spacial score (nSPS) is 15.5. The minimum absolute atomic E-state index is 0.0690. The lowest BCUT2D eigenvalue weighted by Gasteiger charge is -2.21. The van der Waals surface area contributed by atoms with Crippen LogP contribution in [0.2, 0.25) is 0 Å². The number of fused-ring (bicyclic) bond motifs is 1. The SMILES string of the molecule is Cc1cc(C)c2c(c1)C(=Nn1c(-c3cccc([N+](=O)[O-])c3)csc1=NC(C)C)CCC2. The molecule has 0 saturated carbocycles. The summed E-state index contributed by atoms with van der Waals surface area (Å²) in [6.07, 6.45) is 3.02. The first-order valence-electron chi connectivity index (χ1n) is 10.5. The van der Waals surface area contributed by atoms with E-state index in [-0.39, 0.29) is 16.7 Å². The van der Waals surface area contributed by atoms with E-state index in [9.17, 15) is 10.1 Å². The van der Waals surface area contributed by atoms with Gasteiger partial charge in [-0.05, 0) is 64.2 Å². The summed E-state index contributed by atoms with van der Waals surface area (Å²) in [7, 11) is 0. The number of aromatic nitrogens is 1. The summed E-state index contributed by atoms with van der Waals surface area (Å²) in [4.78, 5) is 16.5. The van der Waals surface area contributed by atoms with Crippen molar-refractivity contribution in [3.05, 3.63) is 78.9 Å². The molecule has 0 spiro atoms. The molecule has 4 rings (SSSR count). The number of thiazole rings is 1. The Bertz CT molecular complexity index is 1250. The predicted molar refractivity (Wildman–Crippen MR) is 126 cm³/mol. The average molecular weight is 435 g/mol. The molecule has 1 aliphatic carbocycles. The van der Waals surface area contributed by atoms with Crippen LogP contribution in [0.4, 0.5) is 5.69 Å². The largest absolute Gasteiger partial charge is 0.270 e. The molecule has 0 amide bonds. The quantitative estimate of drug-likeness (QED) is 0.394. The summed E-state index contributed by atoms with van der Waals surface area (Å²) in [6.45, 7) is 8.35. The maximum Gasteiger partial charge on any atom is 0.270 e. The van der Waals surface area contributed by atoms with Crippen molar-refractivity contribution in [3.8, 4) is 11.3 Å². The van der Waals surface area contributed by atoms with Gasteiger partial charge in [0.15, 0.2) is 0 Å². The monoisotopic (exact) mass is 434 g/mol. The van der Waals surface area contributed by atoms with Gasteiger partial charge in [0.2, 0.25) is 4.80 Å². The lowest BCUT2D eigenvalue weighted by molar-refractivity contribution is -0.384. The highest BCUT2D eigenvalue weighted by Crippen LogP contribution is 2.28. The van der Waals surface area contributed by atoms with Crippen LogP contribution < -0.4 is 4.80 Å². The lowest BCUT2D eigenvalue weighted by atomic mass is 9.86. The van der Waals surface area contributed by atoms with Crippen LogP contribution in [-0.4, -0.2) is 21.4 Å². The number of hydrogen-bond acceptors (Lipinski definition) is 5. The van der Waals surface area contributed by atoms with Crippen LogP contribution in [0.3, 0.4) is 0 Å². The van der Waals surface area contributed by atoms with Gasteiger partial charge in [-0.25, -0.2) is 4.68 Å². The summed E-state index contributed by atoms with van der Waals surface area (Å²) in [5, 5.41) is 18.4. The second kappa shape index (κ2) is 8.59. The van der Waals surface area contributed by atoms with Crippen LogP contribution in [0.25, 0.3) is 11.3 Å². The van der Waals surface area contributed by atoms with E-state index in [2.05, 4.69) is 26.0 Å². The molecule has 160 valence electrons. The van der Waals surface area contributed by atoms with Gasteiger partial charge in [0.1, 0.15) is 0 Å². The number of benzene rings is 2. The topological polar surface area (TPSA) is 72.8 Å². The van der Waals surface area contributed by atoms with Crippen LogP contribution in [0, 0.1) is 24.0 Å². The van der Waals surface area contributed by atoms with Crippen molar-refractivity contribution >= 4 is 22.7 Å². The molecule has 1 aliphatic rings. The Kier molecular flexibility index (Phi) is 5.87. The standard InChI is InChI=1S/C24H26N4O2S/c1-15(2)25-24-27(23(14-31-24)18-7-5-8-19(13-18)28(29)30)26-22-10-6-9-20-17(4)11-16(3)12-21(20)22/h5,7-8,11-15H,6,9-10H2,1-4H3. The molecule has 0 unspecified atom stereocenters. The summed E-state index contributed by atoms with van der Waals surface area (Å²) < 4.78 is 1.87. The highest BCUT2D eigenvalue weighted by Gasteiger charge is 2.20. The molecule has 1 aromatic heterocycles. The summed E-state index contributed by atoms with van der Waals surface area (Å²) >= 11 is 1.51. The van der Waals surface area contributed by atoms with Crippen molar-refractivity contribution in [3.63, 3.8) is 0 Å². The fraction of sp³-hybridized carbons (Fsp3) is 0.333. The molecule has 2 aromatic carbocycles. The van der Waals surface area contributed by atoms with Crippen LogP contribution in [0.15, 0.2) is 51.9 Å². The first-order chi connectivity index (χ1) is 14.8. The van der Waals surface area contributed by atoms with Crippen molar-refractivity contribution in [1.82, 2.24) is 4.68 Å². The van der Waals surface area contributed by atoms with E-state index in [0.29, 0.717) is 0 Å². The first kappa shape index (κ1) is 21.2. The van der Waals surface area contributed by atoms with Crippen molar-refractivity contribution in [2.24, 2.45) is 10.1 Å². The third-order valence-electron chi connectivity index (χ3n) is 5.40. The molecule has 0 bridgehead atoms. The number of non-ortho nitro benzene ring substituents is 1. The maximum atomic E-state index is 11.3. The Balaban J connectivity index is 1.93. The third-order valence-corrected chi connectivity index (χ3v) is 6.23. The Morgan fingerprint density at radius 3 is 2.71 bits per heavy atom. The zero-order valence-corrected chi connectivity index (χ0v) is 19.1. The molecule has 7 heteroatoms. The van der Waals surface area contributed by atoms with Crippen molar-refractivity contribution in [2.75, 3.05) is 0 Å². The van der Waals surface area contributed by atoms with Crippen LogP contribution in [-0.2, 0) is 6.42 Å². The Morgan fingerprint density at radius 1 is 1.16 bits per heavy atom. The van der Waals surface area contributed by atoms with Gasteiger partial charge in [0.05, 0.1) is 16.3 Å². The van der Waals surface area contributed by atoms with E-state index in [1.807, 2.05) is 30.0 Å². The fourth-order valence-electron chi connectivity index (χ4n) is 4.06. The van der Waals surface area contributed by atoms with E-state index >= 15 is 0 Å². The molecule has 0 radical (unpaired) electrons. The molecule has 0 aliphatic heterocycles. The summed E-state index contributed by atoms with van der Waals surface area (Å²) in [6, 6.07) is 11.3. The van der Waals surface area contributed by atoms with Crippen molar-refractivity contribution in [2.45, 2.75) is 53.0 Å². The zero-order chi connectivity index (χ0) is 22.1. The Morgan fingerprint density at radius 2 is 1.97 bits per heavy atom. The summed E-state index contributed by atoms with van der Waals surface area (Å²) in [5.41, 5.74) is 7.81. The van der Waals surface area contributed by atoms with Crippen molar-refractivity contribution in [1.29, 1.82) is 0 Å². The predicted octanol–water partition coefficient (Wildman–Crippen LogP) is 5.64. The van der Waals surface area contributed by atoms with E-state index in [4.69, 9.17) is 10.1 Å². The highest BCUT2D eigenvalue weighted by atomic mass is 32.1. The van der Waals surface area contributed by atoms with Gasteiger partial charge in [-0.1, -0.05) is 23.8 Å². The highest BCUT2D eigenvalue weighted by molar-refractivity contribution is 7.07. The number of nitro groups is 1. The molecule has 0 saturated heterocycles. The van der Waals surface area contributed by atoms with Gasteiger partial charge < -0.3 is 0 Å². The second-order valence-corrected chi connectivity index (χ2v) is 9.09. The molecule has 6 nitrogen and oxygen atoms in total. The van der Waals surface area contributed by atoms with Gasteiger partial charge in [-0.15, -0.1) is 11.3 Å². The molecule has 3 aromatic rings. The lowest BCUT2D eigenvalue weighted by Crippen LogP contribution is -2.20. The van der Waals surface area contributed by atoms with Gasteiger partial charge in [0, 0.05) is 34.7 Å². The van der Waals surface area contributed by atoms with Gasteiger partial charge in [-0.2, -0.15) is 5.10 Å². The zero-order valence-electron chi connectivity index (χ0n) is 18.3. The van der Waals surface area contributed by atoms with E-state index in [1.165, 1.54) is 39.7 Å². The van der Waals surface area contributed by atoms with E-state index in [0.717, 1.165) is 41.0 Å². The molecular weight excluding hydrogens is 408 g/mol. The maximum absolute atomic E-state index is 11.3. The molecule has 1 heterocycles. The van der Waals surface area contributed by atoms with E-state index < -0.39 is 0 Å². The number of aryl methyl sites for hydroxylation is 2. The third kappa shape index (κ3) is 4.37. The molecule has 0 atom stereocenters. The molecule has 31 heavy (non-hydrogen) atoms. The minimum atomic E-state index is -0.367. The second-order valence-electron chi connectivity index (χ2n) is 8.25. The number of rotatable bonds is 4. The Labute approximate surface area is 185 Å². The van der Waals surface area contributed by atoms with Crippen LogP contribution in [0.1, 0.15) is 48.9 Å². The average Bonchev–Trinajstić information content (AvgIpc) is 3.10. The number of nitro benzene ring substituents is 1. The minimum Gasteiger partial charge on any atom is -0.258 e. The number of nitrogens with zero attached hydrogens (tertiary/aromatic N) is 4. The van der Waals surface area contributed by atoms with Crippen LogP contribution in [0.5, 0.6) is 0 Å². The molecular formula is C24H26N4O2S. The van der Waals surface area contributed by atoms with Crippen LogP contribution >= 0.6 is 11.3 Å². The van der Waals surface area contributed by atoms with Gasteiger partial charge in [-0.3, -0.25) is 15.1 Å². The summed E-state index contributed by atoms with van der Waals surface area (Å²) in [5.74, 6) is 0.